The zero-order valence-corrected chi connectivity index (χ0v) is 22.4. The normalized spacial score (nSPS) is 19.5. The van der Waals surface area contributed by atoms with Crippen LogP contribution in [0.2, 0.25) is 5.02 Å². The van der Waals surface area contributed by atoms with Crippen LogP contribution >= 0.6 is 11.6 Å². The van der Waals surface area contributed by atoms with Gasteiger partial charge in [-0.1, -0.05) is 30.2 Å². The van der Waals surface area contributed by atoms with Crippen molar-refractivity contribution in [2.45, 2.75) is 58.0 Å². The molecule has 0 bridgehead atoms. The topological polar surface area (TPSA) is 90.9 Å². The second kappa shape index (κ2) is 12.5. The Hall–Kier alpha value is -3.36. The van der Waals surface area contributed by atoms with Crippen LogP contribution in [0.25, 0.3) is 0 Å². The van der Waals surface area contributed by atoms with Crippen LogP contribution < -0.4 is 10.6 Å². The highest BCUT2D eigenvalue weighted by atomic mass is 35.5. The summed E-state index contributed by atoms with van der Waals surface area (Å²) >= 11 is 5.99. The van der Waals surface area contributed by atoms with Crippen LogP contribution in [0.1, 0.15) is 55.5 Å². The molecule has 2 heterocycles. The Morgan fingerprint density at radius 3 is 2.45 bits per heavy atom. The van der Waals surface area contributed by atoms with E-state index in [0.29, 0.717) is 35.5 Å². The molecule has 0 aliphatic carbocycles. The molecule has 200 valence electrons. The third kappa shape index (κ3) is 6.74. The van der Waals surface area contributed by atoms with Crippen LogP contribution in [0, 0.1) is 5.82 Å². The average Bonchev–Trinajstić information content (AvgIpc) is 3.37. The SMILES string of the molecule is CC1CCCC(C)N1CCNC(=O)C1=C(C(=O)Nc2ccc(CC(=O)c3ccc(F)cc3Cl)cc2)CC=N1. The summed E-state index contributed by atoms with van der Waals surface area (Å²) in [5.41, 5.74) is 1.95. The van der Waals surface area contributed by atoms with E-state index in [2.05, 4.69) is 34.4 Å². The standard InChI is InChI=1S/C29H32ClFN4O3/c1-18-4-3-5-19(2)35(18)15-14-33-29(38)27-24(12-13-32-27)28(37)34-22-9-6-20(7-10-22)16-26(36)23-11-8-21(31)17-25(23)30/h6-11,13,17-19H,3-5,12,14-16H2,1-2H3,(H,33,38)(H,34,37). The van der Waals surface area contributed by atoms with Gasteiger partial charge in [-0.15, -0.1) is 0 Å². The van der Waals surface area contributed by atoms with E-state index in [1.54, 1.807) is 30.5 Å². The summed E-state index contributed by atoms with van der Waals surface area (Å²) in [5, 5.41) is 5.79. The number of hydrogen-bond donors (Lipinski definition) is 2. The average molecular weight is 539 g/mol. The van der Waals surface area contributed by atoms with Gasteiger partial charge in [-0.25, -0.2) is 4.39 Å². The van der Waals surface area contributed by atoms with Crippen molar-refractivity contribution in [1.29, 1.82) is 0 Å². The summed E-state index contributed by atoms with van der Waals surface area (Å²) in [5.74, 6) is -1.49. The molecule has 4 rings (SSSR count). The molecule has 1 fully saturated rings. The zero-order chi connectivity index (χ0) is 27.2. The number of halogens is 2. The van der Waals surface area contributed by atoms with Crippen molar-refractivity contribution in [3.63, 3.8) is 0 Å². The van der Waals surface area contributed by atoms with E-state index in [-0.39, 0.29) is 40.8 Å². The molecule has 2 aliphatic heterocycles. The van der Waals surface area contributed by atoms with Crippen LogP contribution in [0.5, 0.6) is 0 Å². The first kappa shape index (κ1) is 27.7. The molecule has 2 aromatic carbocycles. The van der Waals surface area contributed by atoms with Gasteiger partial charge < -0.3 is 10.6 Å². The fraction of sp³-hybridized carbons (Fsp3) is 0.379. The number of rotatable bonds is 9. The van der Waals surface area contributed by atoms with Gasteiger partial charge in [-0.2, -0.15) is 0 Å². The lowest BCUT2D eigenvalue weighted by Gasteiger charge is -2.39. The predicted octanol–water partition coefficient (Wildman–Crippen LogP) is 4.95. The summed E-state index contributed by atoms with van der Waals surface area (Å²) in [6, 6.07) is 11.5. The Labute approximate surface area is 227 Å². The first-order valence-corrected chi connectivity index (χ1v) is 13.3. The highest BCUT2D eigenvalue weighted by Crippen LogP contribution is 2.23. The summed E-state index contributed by atoms with van der Waals surface area (Å²) < 4.78 is 13.3. The number of hydrogen-bond acceptors (Lipinski definition) is 5. The number of likely N-dealkylation sites (tertiary alicyclic amines) is 1. The number of aliphatic imine (C=N–C) groups is 1. The Balaban J connectivity index is 1.32. The third-order valence-corrected chi connectivity index (χ3v) is 7.44. The van der Waals surface area contributed by atoms with Gasteiger partial charge in [0.2, 0.25) is 0 Å². The van der Waals surface area contributed by atoms with E-state index in [1.807, 2.05) is 0 Å². The number of carbonyl (C=O) groups excluding carboxylic acids is 3. The number of nitrogens with zero attached hydrogens (tertiary/aromatic N) is 2. The van der Waals surface area contributed by atoms with Crippen molar-refractivity contribution >= 4 is 41.1 Å². The molecule has 1 saturated heterocycles. The van der Waals surface area contributed by atoms with Crippen molar-refractivity contribution in [2.24, 2.45) is 4.99 Å². The number of benzene rings is 2. The minimum Gasteiger partial charge on any atom is -0.349 e. The monoisotopic (exact) mass is 538 g/mol. The third-order valence-electron chi connectivity index (χ3n) is 7.13. The molecule has 0 aromatic heterocycles. The Morgan fingerprint density at radius 1 is 1.05 bits per heavy atom. The molecule has 0 saturated carbocycles. The van der Waals surface area contributed by atoms with Gasteiger partial charge in [-0.05, 0) is 62.6 Å². The molecule has 2 amide bonds. The van der Waals surface area contributed by atoms with Crippen LogP contribution in [-0.4, -0.2) is 53.9 Å². The van der Waals surface area contributed by atoms with E-state index in [4.69, 9.17) is 11.6 Å². The molecule has 9 heteroatoms. The number of nitrogens with one attached hydrogen (secondary N) is 2. The minimum absolute atomic E-state index is 0.0707. The Morgan fingerprint density at radius 2 is 1.76 bits per heavy atom. The molecule has 2 aliphatic rings. The Kier molecular flexibility index (Phi) is 9.07. The summed E-state index contributed by atoms with van der Waals surface area (Å²) in [7, 11) is 0. The van der Waals surface area contributed by atoms with Gasteiger partial charge in [0.15, 0.2) is 5.78 Å². The van der Waals surface area contributed by atoms with Crippen molar-refractivity contribution in [3.05, 3.63) is 75.7 Å². The van der Waals surface area contributed by atoms with Crippen LogP contribution in [0.3, 0.4) is 0 Å². The molecule has 7 nitrogen and oxygen atoms in total. The lowest BCUT2D eigenvalue weighted by Crippen LogP contribution is -2.47. The summed E-state index contributed by atoms with van der Waals surface area (Å²) in [6.45, 7) is 5.68. The van der Waals surface area contributed by atoms with E-state index >= 15 is 0 Å². The maximum absolute atomic E-state index is 13.3. The molecule has 2 aromatic rings. The van der Waals surface area contributed by atoms with Crippen LogP contribution in [-0.2, 0) is 16.0 Å². The molecular weight excluding hydrogens is 507 g/mol. The smallest absolute Gasteiger partial charge is 0.270 e. The van der Waals surface area contributed by atoms with Gasteiger partial charge in [0, 0.05) is 55.5 Å². The Bertz CT molecular complexity index is 1270. The molecule has 0 spiro atoms. The van der Waals surface area contributed by atoms with Gasteiger partial charge >= 0.3 is 0 Å². The lowest BCUT2D eigenvalue weighted by atomic mass is 9.98. The zero-order valence-electron chi connectivity index (χ0n) is 21.6. The fourth-order valence-electron chi connectivity index (χ4n) is 5.01. The van der Waals surface area contributed by atoms with Crippen molar-refractivity contribution < 1.29 is 18.8 Å². The lowest BCUT2D eigenvalue weighted by molar-refractivity contribution is -0.118. The molecule has 2 unspecified atom stereocenters. The first-order valence-electron chi connectivity index (χ1n) is 12.9. The second-order valence-electron chi connectivity index (χ2n) is 9.84. The second-order valence-corrected chi connectivity index (χ2v) is 10.2. The maximum atomic E-state index is 13.3. The predicted molar refractivity (Wildman–Crippen MR) is 147 cm³/mol. The van der Waals surface area contributed by atoms with Gasteiger partial charge in [0.1, 0.15) is 11.5 Å². The highest BCUT2D eigenvalue weighted by molar-refractivity contribution is 6.34. The number of ketones is 1. The van der Waals surface area contributed by atoms with Gasteiger partial charge in [-0.3, -0.25) is 24.3 Å². The fourth-order valence-corrected chi connectivity index (χ4v) is 5.28. The van der Waals surface area contributed by atoms with Crippen molar-refractivity contribution in [1.82, 2.24) is 10.2 Å². The molecular formula is C29H32ClFN4O3. The number of anilines is 1. The van der Waals surface area contributed by atoms with E-state index in [0.717, 1.165) is 25.5 Å². The molecule has 2 N–H and O–H groups in total. The van der Waals surface area contributed by atoms with Crippen LogP contribution in [0.4, 0.5) is 10.1 Å². The summed E-state index contributed by atoms with van der Waals surface area (Å²) in [4.78, 5) is 44.8. The number of carbonyl (C=O) groups is 3. The molecule has 2 atom stereocenters. The number of piperidine rings is 1. The minimum atomic E-state index is -0.503. The maximum Gasteiger partial charge on any atom is 0.270 e. The largest absolute Gasteiger partial charge is 0.349 e. The molecule has 0 radical (unpaired) electrons. The van der Waals surface area contributed by atoms with Crippen molar-refractivity contribution in [3.8, 4) is 0 Å². The number of Topliss-reactive ketones (excluding diaryl/α,β-unsaturated/α-hetero) is 1. The van der Waals surface area contributed by atoms with Gasteiger partial charge in [0.25, 0.3) is 11.8 Å². The molecule has 38 heavy (non-hydrogen) atoms. The van der Waals surface area contributed by atoms with E-state index < -0.39 is 11.7 Å². The van der Waals surface area contributed by atoms with Crippen LogP contribution in [0.15, 0.2) is 58.7 Å². The van der Waals surface area contributed by atoms with E-state index in [9.17, 15) is 18.8 Å². The van der Waals surface area contributed by atoms with E-state index in [1.165, 1.54) is 18.6 Å². The highest BCUT2D eigenvalue weighted by Gasteiger charge is 2.26. The quantitative estimate of drug-likeness (QED) is 0.442. The summed E-state index contributed by atoms with van der Waals surface area (Å²) in [6.07, 6.45) is 5.48. The van der Waals surface area contributed by atoms with Crippen molar-refractivity contribution in [2.75, 3.05) is 18.4 Å². The number of amides is 2. The van der Waals surface area contributed by atoms with Gasteiger partial charge in [0.05, 0.1) is 10.6 Å². The first-order chi connectivity index (χ1) is 18.2.